The molecular weight excluding hydrogens is 352 g/mol. The summed E-state index contributed by atoms with van der Waals surface area (Å²) < 4.78 is 2.67. The zero-order valence-corrected chi connectivity index (χ0v) is 14.8. The van der Waals surface area contributed by atoms with Crippen molar-refractivity contribution in [1.29, 1.82) is 0 Å². The Bertz CT molecular complexity index is 679. The van der Waals surface area contributed by atoms with Gasteiger partial charge in [0, 0.05) is 16.6 Å². The number of halogens is 2. The molecule has 0 radical (unpaired) electrons. The topological polar surface area (TPSA) is 34.9 Å². The molecule has 0 saturated carbocycles. The molecule has 0 aliphatic rings. The third-order valence-corrected chi connectivity index (χ3v) is 5.00. The van der Waals surface area contributed by atoms with Crippen molar-refractivity contribution in [3.63, 3.8) is 0 Å². The number of hydrogen-bond donors (Lipinski definition) is 0. The van der Waals surface area contributed by atoms with Crippen LogP contribution in [0.1, 0.15) is 41.2 Å². The van der Waals surface area contributed by atoms with Gasteiger partial charge >= 0.3 is 0 Å². The monoisotopic (exact) mass is 368 g/mol. The molecule has 3 nitrogen and oxygen atoms in total. The highest BCUT2D eigenvalue weighted by Crippen LogP contribution is 2.26. The van der Waals surface area contributed by atoms with Gasteiger partial charge in [-0.05, 0) is 41.8 Å². The summed E-state index contributed by atoms with van der Waals surface area (Å²) in [6.07, 6.45) is 1.03. The zero-order chi connectivity index (χ0) is 15.6. The third kappa shape index (κ3) is 3.22. The molecular formula is C16H18BrClN2O. The summed E-state index contributed by atoms with van der Waals surface area (Å²) in [6.45, 7) is 6.69. The molecule has 2 aromatic rings. The number of hydrogen-bond acceptors (Lipinski definition) is 2. The van der Waals surface area contributed by atoms with Gasteiger partial charge in [0.15, 0.2) is 5.78 Å². The van der Waals surface area contributed by atoms with E-state index in [2.05, 4.69) is 21.0 Å². The van der Waals surface area contributed by atoms with Crippen molar-refractivity contribution in [2.75, 3.05) is 0 Å². The first-order valence-electron chi connectivity index (χ1n) is 7.01. The average molecular weight is 370 g/mol. The Labute approximate surface area is 138 Å². The predicted octanol–water partition coefficient (Wildman–Crippen LogP) is 4.62. The lowest BCUT2D eigenvalue weighted by atomic mass is 10.0. The SMILES string of the molecule is CCc1nn(CC)c(CC(=O)c2cccc(C)c2Br)c1Cl. The molecule has 0 unspecified atom stereocenters. The normalized spacial score (nSPS) is 10.9. The van der Waals surface area contributed by atoms with Crippen molar-refractivity contribution in [3.05, 3.63) is 50.2 Å². The second-order valence-electron chi connectivity index (χ2n) is 4.91. The first-order valence-corrected chi connectivity index (χ1v) is 8.19. The lowest BCUT2D eigenvalue weighted by Crippen LogP contribution is -2.11. The van der Waals surface area contributed by atoms with Crippen molar-refractivity contribution < 1.29 is 4.79 Å². The molecule has 1 aromatic carbocycles. The van der Waals surface area contributed by atoms with E-state index >= 15 is 0 Å². The van der Waals surface area contributed by atoms with E-state index in [1.807, 2.05) is 43.7 Å². The Balaban J connectivity index is 2.36. The molecule has 2 rings (SSSR count). The molecule has 0 spiro atoms. The fourth-order valence-corrected chi connectivity index (χ4v) is 3.12. The standard InChI is InChI=1S/C16H18BrClN2O/c1-4-12-16(18)13(20(5-2)19-12)9-14(21)11-8-6-7-10(3)15(11)17/h6-8H,4-5,9H2,1-3H3. The van der Waals surface area contributed by atoms with E-state index in [9.17, 15) is 4.79 Å². The van der Waals surface area contributed by atoms with E-state index in [0.29, 0.717) is 17.1 Å². The van der Waals surface area contributed by atoms with Crippen molar-refractivity contribution in [2.45, 2.75) is 40.2 Å². The minimum atomic E-state index is 0.0460. The lowest BCUT2D eigenvalue weighted by Gasteiger charge is -2.08. The second kappa shape index (κ2) is 6.75. The van der Waals surface area contributed by atoms with Crippen LogP contribution in [0.15, 0.2) is 22.7 Å². The van der Waals surface area contributed by atoms with Gasteiger partial charge in [0.05, 0.1) is 22.8 Å². The molecule has 0 atom stereocenters. The first-order chi connectivity index (χ1) is 9.99. The fraction of sp³-hybridized carbons (Fsp3) is 0.375. The number of ketones is 1. The van der Waals surface area contributed by atoms with Crippen LogP contribution >= 0.6 is 27.5 Å². The summed E-state index contributed by atoms with van der Waals surface area (Å²) in [5, 5.41) is 5.08. The minimum Gasteiger partial charge on any atom is -0.294 e. The van der Waals surface area contributed by atoms with Crippen LogP contribution in [-0.2, 0) is 19.4 Å². The molecule has 0 bridgehead atoms. The van der Waals surface area contributed by atoms with Gasteiger partial charge in [-0.2, -0.15) is 5.10 Å². The molecule has 0 amide bonds. The number of aryl methyl sites for hydroxylation is 3. The number of aromatic nitrogens is 2. The van der Waals surface area contributed by atoms with Gasteiger partial charge in [-0.3, -0.25) is 9.48 Å². The summed E-state index contributed by atoms with van der Waals surface area (Å²) in [5.74, 6) is 0.0460. The first kappa shape index (κ1) is 16.2. The Morgan fingerprint density at radius 1 is 1.38 bits per heavy atom. The van der Waals surface area contributed by atoms with Gasteiger partial charge in [-0.1, -0.05) is 36.7 Å². The van der Waals surface area contributed by atoms with E-state index in [0.717, 1.165) is 27.8 Å². The molecule has 5 heteroatoms. The van der Waals surface area contributed by atoms with Crippen LogP contribution in [0.5, 0.6) is 0 Å². The Kier molecular flexibility index (Phi) is 5.22. The molecule has 1 aromatic heterocycles. The molecule has 1 heterocycles. The Morgan fingerprint density at radius 2 is 2.10 bits per heavy atom. The summed E-state index contributed by atoms with van der Waals surface area (Å²) in [5.41, 5.74) is 3.39. The highest BCUT2D eigenvalue weighted by atomic mass is 79.9. The van der Waals surface area contributed by atoms with Crippen molar-refractivity contribution >= 4 is 33.3 Å². The van der Waals surface area contributed by atoms with Crippen LogP contribution in [-0.4, -0.2) is 15.6 Å². The van der Waals surface area contributed by atoms with Crippen molar-refractivity contribution in [3.8, 4) is 0 Å². The largest absolute Gasteiger partial charge is 0.294 e. The Morgan fingerprint density at radius 3 is 2.71 bits per heavy atom. The second-order valence-corrected chi connectivity index (χ2v) is 6.08. The summed E-state index contributed by atoms with van der Waals surface area (Å²) in [7, 11) is 0. The lowest BCUT2D eigenvalue weighted by molar-refractivity contribution is 0.0989. The van der Waals surface area contributed by atoms with Gasteiger partial charge in [-0.25, -0.2) is 0 Å². The van der Waals surface area contributed by atoms with Crippen LogP contribution in [0.3, 0.4) is 0 Å². The smallest absolute Gasteiger partial charge is 0.169 e. The minimum absolute atomic E-state index is 0.0460. The van der Waals surface area contributed by atoms with E-state index in [1.165, 1.54) is 0 Å². The highest BCUT2D eigenvalue weighted by Gasteiger charge is 2.19. The van der Waals surface area contributed by atoms with E-state index < -0.39 is 0 Å². The van der Waals surface area contributed by atoms with Crippen LogP contribution in [0.2, 0.25) is 5.02 Å². The number of rotatable bonds is 5. The number of nitrogens with zero attached hydrogens (tertiary/aromatic N) is 2. The summed E-state index contributed by atoms with van der Waals surface area (Å²) in [4.78, 5) is 12.6. The number of benzene rings is 1. The number of Topliss-reactive ketones (excluding diaryl/α,β-unsaturated/α-hetero) is 1. The van der Waals surface area contributed by atoms with Crippen molar-refractivity contribution in [2.24, 2.45) is 0 Å². The Hall–Kier alpha value is -1.13. The highest BCUT2D eigenvalue weighted by molar-refractivity contribution is 9.10. The van der Waals surface area contributed by atoms with Gasteiger partial charge < -0.3 is 0 Å². The van der Waals surface area contributed by atoms with Gasteiger partial charge in [0.1, 0.15) is 0 Å². The molecule has 0 saturated heterocycles. The molecule has 0 aliphatic carbocycles. The zero-order valence-electron chi connectivity index (χ0n) is 12.4. The molecule has 0 N–H and O–H groups in total. The summed E-state index contributed by atoms with van der Waals surface area (Å²) >= 11 is 9.85. The maximum Gasteiger partial charge on any atom is 0.169 e. The van der Waals surface area contributed by atoms with E-state index in [4.69, 9.17) is 11.6 Å². The van der Waals surface area contributed by atoms with Gasteiger partial charge in [0.25, 0.3) is 0 Å². The van der Waals surface area contributed by atoms with Gasteiger partial charge in [-0.15, -0.1) is 0 Å². The summed E-state index contributed by atoms with van der Waals surface area (Å²) in [6, 6.07) is 5.70. The third-order valence-electron chi connectivity index (χ3n) is 3.51. The maximum atomic E-state index is 12.6. The quantitative estimate of drug-likeness (QED) is 0.721. The number of carbonyl (C=O) groups is 1. The van der Waals surface area contributed by atoms with Gasteiger partial charge in [0.2, 0.25) is 0 Å². The van der Waals surface area contributed by atoms with Crippen molar-refractivity contribution in [1.82, 2.24) is 9.78 Å². The van der Waals surface area contributed by atoms with Crippen LogP contribution < -0.4 is 0 Å². The molecule has 0 aliphatic heterocycles. The molecule has 21 heavy (non-hydrogen) atoms. The van der Waals surface area contributed by atoms with Crippen LogP contribution in [0.25, 0.3) is 0 Å². The average Bonchev–Trinajstić information content (AvgIpc) is 2.78. The van der Waals surface area contributed by atoms with Crippen LogP contribution in [0.4, 0.5) is 0 Å². The van der Waals surface area contributed by atoms with Crippen LogP contribution in [0, 0.1) is 6.92 Å². The molecule has 112 valence electrons. The fourth-order valence-electron chi connectivity index (χ4n) is 2.30. The number of carbonyl (C=O) groups excluding carboxylic acids is 1. The molecule has 0 fully saturated rings. The maximum absolute atomic E-state index is 12.6. The van der Waals surface area contributed by atoms with E-state index in [-0.39, 0.29) is 12.2 Å². The predicted molar refractivity (Wildman–Crippen MR) is 89.2 cm³/mol. The van der Waals surface area contributed by atoms with E-state index in [1.54, 1.807) is 0 Å².